The summed E-state index contributed by atoms with van der Waals surface area (Å²) in [6.45, 7) is 7.00. The largest absolute Gasteiger partial charge is 0.476 e. The van der Waals surface area contributed by atoms with Gasteiger partial charge in [0.25, 0.3) is 5.91 Å². The van der Waals surface area contributed by atoms with E-state index in [1.165, 1.54) is 30.6 Å². The minimum absolute atomic E-state index is 0.0346. The summed E-state index contributed by atoms with van der Waals surface area (Å²) in [4.78, 5) is 25.6. The molecule has 0 saturated carbocycles. The lowest BCUT2D eigenvalue weighted by molar-refractivity contribution is -0.138. The molecular weight excluding hydrogens is 587 g/mol. The molecule has 0 bridgehead atoms. The van der Waals surface area contributed by atoms with Crippen LogP contribution < -0.4 is 10.1 Å². The Hall–Kier alpha value is -4.51. The molecule has 1 aromatic carbocycles. The number of anilines is 1. The number of hydrogen-bond acceptors (Lipinski definition) is 8. The molecule has 1 amide bonds. The number of rotatable bonds is 7. The number of halogens is 3. The van der Waals surface area contributed by atoms with Crippen LogP contribution in [0.2, 0.25) is 0 Å². The van der Waals surface area contributed by atoms with Crippen LogP contribution in [-0.4, -0.2) is 88.3 Å². The van der Waals surface area contributed by atoms with Gasteiger partial charge < -0.3 is 19.7 Å². The molecule has 2 fully saturated rings. The van der Waals surface area contributed by atoms with E-state index in [1.54, 1.807) is 22.8 Å². The molecule has 2 aliphatic rings. The zero-order valence-corrected chi connectivity index (χ0v) is 24.9. The number of nitrogens with one attached hydrogen (secondary N) is 1. The zero-order chi connectivity index (χ0) is 31.6. The van der Waals surface area contributed by atoms with Gasteiger partial charge in [-0.2, -0.15) is 13.2 Å². The minimum atomic E-state index is -4.57. The number of aromatic nitrogens is 4. The SMILES string of the molecule is CN1CCN(Cc2ccc(NC(=O)c3cncc(C#Cc4cnc5ccc(OCC6(C)COC6)nn45)c3)cc2C(F)(F)F)CC1. The molecule has 0 radical (unpaired) electrons. The summed E-state index contributed by atoms with van der Waals surface area (Å²) in [5, 5.41) is 7.06. The van der Waals surface area contributed by atoms with Crippen LogP contribution >= 0.6 is 0 Å². The van der Waals surface area contributed by atoms with Gasteiger partial charge in [-0.25, -0.2) is 9.50 Å². The van der Waals surface area contributed by atoms with Crippen LogP contribution in [0, 0.1) is 17.3 Å². The highest BCUT2D eigenvalue weighted by Gasteiger charge is 2.35. The minimum Gasteiger partial charge on any atom is -0.476 e. The van der Waals surface area contributed by atoms with Crippen molar-refractivity contribution in [1.29, 1.82) is 0 Å². The van der Waals surface area contributed by atoms with Gasteiger partial charge in [0.05, 0.1) is 37.1 Å². The highest BCUT2D eigenvalue weighted by Crippen LogP contribution is 2.35. The number of fused-ring (bicyclic) bond motifs is 1. The number of carbonyl (C=O) groups is 1. The maximum atomic E-state index is 14.0. The van der Waals surface area contributed by atoms with Crippen LogP contribution in [0.1, 0.15) is 39.7 Å². The molecule has 1 N–H and O–H groups in total. The van der Waals surface area contributed by atoms with E-state index in [4.69, 9.17) is 9.47 Å². The molecule has 0 spiro atoms. The number of benzene rings is 1. The summed E-state index contributed by atoms with van der Waals surface area (Å²) in [7, 11) is 1.99. The number of carbonyl (C=O) groups excluding carboxylic acids is 1. The van der Waals surface area contributed by atoms with Crippen LogP contribution in [0.5, 0.6) is 5.88 Å². The standard InChI is InChI=1S/C32H32F3N7O3/c1-31(19-44-20-31)21-45-29-8-7-28-37-17-26(42(28)39-29)6-3-22-13-24(16-36-15-22)30(43)38-25-5-4-23(27(14-25)32(33,34)35)18-41-11-9-40(2)10-12-41/h4-5,7-8,13-17H,9-12,18-21H2,1-2H3,(H,38,43). The molecule has 0 aliphatic carbocycles. The fraction of sp³-hybridized carbons (Fsp3) is 0.375. The summed E-state index contributed by atoms with van der Waals surface area (Å²) >= 11 is 0. The van der Waals surface area contributed by atoms with Crippen molar-refractivity contribution in [2.45, 2.75) is 19.6 Å². The van der Waals surface area contributed by atoms with Crippen molar-refractivity contribution in [2.75, 3.05) is 58.4 Å². The lowest BCUT2D eigenvalue weighted by atomic mass is 9.90. The smallest absolute Gasteiger partial charge is 0.416 e. The second kappa shape index (κ2) is 12.5. The van der Waals surface area contributed by atoms with E-state index in [0.717, 1.165) is 19.2 Å². The Labute approximate surface area is 258 Å². The summed E-state index contributed by atoms with van der Waals surface area (Å²) in [6, 6.07) is 8.95. The number of alkyl halides is 3. The van der Waals surface area contributed by atoms with E-state index in [9.17, 15) is 18.0 Å². The van der Waals surface area contributed by atoms with Gasteiger partial charge in [-0.15, -0.1) is 5.10 Å². The molecule has 6 rings (SSSR count). The maximum Gasteiger partial charge on any atom is 0.416 e. The van der Waals surface area contributed by atoms with Crippen molar-refractivity contribution in [2.24, 2.45) is 5.41 Å². The average Bonchev–Trinajstić information content (AvgIpc) is 3.41. The third-order valence-corrected chi connectivity index (χ3v) is 7.81. The Morgan fingerprint density at radius 3 is 2.60 bits per heavy atom. The van der Waals surface area contributed by atoms with Crippen molar-refractivity contribution in [1.82, 2.24) is 29.4 Å². The Morgan fingerprint density at radius 2 is 1.87 bits per heavy atom. The first-order valence-corrected chi connectivity index (χ1v) is 14.5. The molecule has 2 saturated heterocycles. The molecule has 45 heavy (non-hydrogen) atoms. The third-order valence-electron chi connectivity index (χ3n) is 7.81. The highest BCUT2D eigenvalue weighted by atomic mass is 19.4. The van der Waals surface area contributed by atoms with Crippen LogP contribution in [-0.2, 0) is 17.5 Å². The second-order valence-electron chi connectivity index (χ2n) is 11.8. The van der Waals surface area contributed by atoms with Gasteiger partial charge in [-0.05, 0) is 42.8 Å². The van der Waals surface area contributed by atoms with Crippen LogP contribution in [0.4, 0.5) is 18.9 Å². The number of amides is 1. The second-order valence-corrected chi connectivity index (χ2v) is 11.8. The van der Waals surface area contributed by atoms with Crippen molar-refractivity contribution >= 4 is 17.2 Å². The molecule has 0 unspecified atom stereocenters. The average molecular weight is 620 g/mol. The molecule has 5 heterocycles. The molecule has 2 aliphatic heterocycles. The zero-order valence-electron chi connectivity index (χ0n) is 24.9. The van der Waals surface area contributed by atoms with Crippen LogP contribution in [0.15, 0.2) is 55.0 Å². The highest BCUT2D eigenvalue weighted by molar-refractivity contribution is 6.04. The molecule has 13 heteroatoms. The van der Waals surface area contributed by atoms with E-state index in [0.29, 0.717) is 55.7 Å². The Kier molecular flexibility index (Phi) is 8.46. The third kappa shape index (κ3) is 7.25. The fourth-order valence-corrected chi connectivity index (χ4v) is 5.08. The van der Waals surface area contributed by atoms with E-state index in [2.05, 4.69) is 44.0 Å². The van der Waals surface area contributed by atoms with E-state index in [1.807, 2.05) is 11.9 Å². The van der Waals surface area contributed by atoms with Gasteiger partial charge in [0.15, 0.2) is 5.65 Å². The summed E-state index contributed by atoms with van der Waals surface area (Å²) in [6.07, 6.45) is -0.163. The van der Waals surface area contributed by atoms with Gasteiger partial charge >= 0.3 is 6.18 Å². The Balaban J connectivity index is 1.15. The number of ether oxygens (including phenoxy) is 2. The molecule has 3 aromatic heterocycles. The van der Waals surface area contributed by atoms with Gasteiger partial charge in [0.1, 0.15) is 5.69 Å². The number of imidazole rings is 1. The first-order chi connectivity index (χ1) is 21.5. The predicted octanol–water partition coefficient (Wildman–Crippen LogP) is 3.96. The van der Waals surface area contributed by atoms with Crippen LogP contribution in [0.3, 0.4) is 0 Å². The monoisotopic (exact) mass is 619 g/mol. The van der Waals surface area contributed by atoms with Crippen molar-refractivity contribution in [3.8, 4) is 17.7 Å². The van der Waals surface area contributed by atoms with Crippen molar-refractivity contribution < 1.29 is 27.4 Å². The molecular formula is C32H32F3N7O3. The summed E-state index contributed by atoms with van der Waals surface area (Å²) in [5.41, 5.74) is 1.08. The number of likely N-dealkylation sites (N-methyl/N-ethyl adjacent to an activating group) is 1. The lowest BCUT2D eigenvalue weighted by Crippen LogP contribution is -2.44. The van der Waals surface area contributed by atoms with Gasteiger partial charge in [0, 0.05) is 67.8 Å². The van der Waals surface area contributed by atoms with E-state index in [-0.39, 0.29) is 28.8 Å². The number of pyridine rings is 1. The van der Waals surface area contributed by atoms with Gasteiger partial charge in [-0.3, -0.25) is 14.7 Å². The normalized spacial score (nSPS) is 16.9. The summed E-state index contributed by atoms with van der Waals surface area (Å²) < 4.78 is 54.7. The van der Waals surface area contributed by atoms with Crippen molar-refractivity contribution in [3.63, 3.8) is 0 Å². The molecule has 4 aromatic rings. The first kappa shape index (κ1) is 30.5. The topological polar surface area (TPSA) is 97.1 Å². The molecule has 234 valence electrons. The Morgan fingerprint density at radius 1 is 1.07 bits per heavy atom. The Bertz CT molecular complexity index is 1770. The van der Waals surface area contributed by atoms with E-state index >= 15 is 0 Å². The number of nitrogens with zero attached hydrogens (tertiary/aromatic N) is 6. The van der Waals surface area contributed by atoms with Gasteiger partial charge in [0.2, 0.25) is 5.88 Å². The predicted molar refractivity (Wildman–Crippen MR) is 160 cm³/mol. The molecule has 10 nitrogen and oxygen atoms in total. The number of piperazine rings is 1. The molecule has 0 atom stereocenters. The van der Waals surface area contributed by atoms with Crippen molar-refractivity contribution in [3.05, 3.63) is 82.9 Å². The van der Waals surface area contributed by atoms with Crippen LogP contribution in [0.25, 0.3) is 5.65 Å². The maximum absolute atomic E-state index is 14.0. The summed E-state index contributed by atoms with van der Waals surface area (Å²) in [5.74, 6) is 5.79. The lowest BCUT2D eigenvalue weighted by Gasteiger charge is -2.37. The van der Waals surface area contributed by atoms with E-state index < -0.39 is 17.6 Å². The quantitative estimate of drug-likeness (QED) is 0.311. The number of hydrogen-bond donors (Lipinski definition) is 1. The first-order valence-electron chi connectivity index (χ1n) is 14.5. The fourth-order valence-electron chi connectivity index (χ4n) is 5.08. The van der Waals surface area contributed by atoms with Gasteiger partial charge in [-0.1, -0.05) is 18.9 Å².